The molecule has 4 nitrogen and oxygen atoms in total. The van der Waals surface area contributed by atoms with Gasteiger partial charge in [-0.3, -0.25) is 4.79 Å². The highest BCUT2D eigenvalue weighted by Crippen LogP contribution is 2.01. The van der Waals surface area contributed by atoms with Gasteiger partial charge in [0, 0.05) is 19.2 Å². The van der Waals surface area contributed by atoms with E-state index in [9.17, 15) is 4.79 Å². The van der Waals surface area contributed by atoms with Gasteiger partial charge in [-0.2, -0.15) is 0 Å². The molecule has 0 radical (unpaired) electrons. The number of carbonyl (C=O) groups excluding carboxylic acids is 1. The summed E-state index contributed by atoms with van der Waals surface area (Å²) in [5.41, 5.74) is 5.21. The summed E-state index contributed by atoms with van der Waals surface area (Å²) in [6.45, 7) is 0.932. The van der Waals surface area contributed by atoms with Crippen LogP contribution in [0.5, 0.6) is 0 Å². The van der Waals surface area contributed by atoms with Crippen molar-refractivity contribution >= 4 is 12.0 Å². The lowest BCUT2D eigenvalue weighted by molar-refractivity contribution is -0.116. The Labute approximate surface area is 76.4 Å². The minimum absolute atomic E-state index is 0.165. The van der Waals surface area contributed by atoms with Gasteiger partial charge in [-0.05, 0) is 18.2 Å². The molecule has 0 unspecified atom stereocenters. The van der Waals surface area contributed by atoms with Crippen molar-refractivity contribution in [2.24, 2.45) is 5.73 Å². The summed E-state index contributed by atoms with van der Waals surface area (Å²) in [5, 5.41) is 2.60. The molecule has 0 aliphatic carbocycles. The molecule has 0 aromatic carbocycles. The van der Waals surface area contributed by atoms with Crippen molar-refractivity contribution in [1.29, 1.82) is 0 Å². The monoisotopic (exact) mass is 180 g/mol. The maximum Gasteiger partial charge on any atom is 0.244 e. The van der Waals surface area contributed by atoms with E-state index in [1.54, 1.807) is 24.5 Å². The quantitative estimate of drug-likeness (QED) is 0.658. The van der Waals surface area contributed by atoms with Crippen LogP contribution < -0.4 is 11.1 Å². The topological polar surface area (TPSA) is 68.3 Å². The van der Waals surface area contributed by atoms with Crippen LogP contribution >= 0.6 is 0 Å². The van der Waals surface area contributed by atoms with Crippen molar-refractivity contribution in [1.82, 2.24) is 5.32 Å². The molecule has 0 fully saturated rings. The Morgan fingerprint density at radius 3 is 3.15 bits per heavy atom. The number of furan rings is 1. The first-order chi connectivity index (χ1) is 6.33. The Balaban J connectivity index is 2.35. The number of carbonyl (C=O) groups is 1. The lowest BCUT2D eigenvalue weighted by atomic mass is 10.4. The second-order valence-electron chi connectivity index (χ2n) is 2.43. The third-order valence-corrected chi connectivity index (χ3v) is 1.39. The molecule has 0 saturated carbocycles. The van der Waals surface area contributed by atoms with E-state index in [-0.39, 0.29) is 5.91 Å². The van der Waals surface area contributed by atoms with Crippen LogP contribution in [0.4, 0.5) is 0 Å². The highest BCUT2D eigenvalue weighted by molar-refractivity contribution is 5.91. The van der Waals surface area contributed by atoms with Crippen LogP contribution in [-0.4, -0.2) is 19.0 Å². The van der Waals surface area contributed by atoms with Crippen LogP contribution in [0.1, 0.15) is 5.76 Å². The van der Waals surface area contributed by atoms with Crippen LogP contribution in [0.2, 0.25) is 0 Å². The fourth-order valence-corrected chi connectivity index (χ4v) is 0.798. The molecular weight excluding hydrogens is 168 g/mol. The summed E-state index contributed by atoms with van der Waals surface area (Å²) in [4.78, 5) is 11.0. The fraction of sp³-hybridized carbons (Fsp3) is 0.222. The van der Waals surface area contributed by atoms with Crippen molar-refractivity contribution < 1.29 is 9.21 Å². The molecule has 0 aliphatic heterocycles. The first-order valence-electron chi connectivity index (χ1n) is 4.02. The molecule has 3 N–H and O–H groups in total. The van der Waals surface area contributed by atoms with Crippen LogP contribution in [0, 0.1) is 0 Å². The molecule has 1 aromatic heterocycles. The van der Waals surface area contributed by atoms with Gasteiger partial charge in [0.1, 0.15) is 5.76 Å². The standard InChI is InChI=1S/C9H12N2O2/c10-5-6-11-9(12)4-3-8-2-1-7-13-8/h1-4,7H,5-6,10H2,(H,11,12)/b4-3+. The molecule has 1 amide bonds. The van der Waals surface area contributed by atoms with Gasteiger partial charge in [0.2, 0.25) is 5.91 Å². The third-order valence-electron chi connectivity index (χ3n) is 1.39. The van der Waals surface area contributed by atoms with E-state index >= 15 is 0 Å². The molecule has 70 valence electrons. The largest absolute Gasteiger partial charge is 0.465 e. The normalized spacial score (nSPS) is 10.5. The van der Waals surface area contributed by atoms with Crippen LogP contribution in [-0.2, 0) is 4.79 Å². The summed E-state index contributed by atoms with van der Waals surface area (Å²) < 4.78 is 5.00. The van der Waals surface area contributed by atoms with E-state index < -0.39 is 0 Å². The lowest BCUT2D eigenvalue weighted by Gasteiger charge is -1.96. The third kappa shape index (κ3) is 3.57. The van der Waals surface area contributed by atoms with Gasteiger partial charge in [0.05, 0.1) is 6.26 Å². The van der Waals surface area contributed by atoms with E-state index in [2.05, 4.69) is 5.32 Å². The Morgan fingerprint density at radius 2 is 2.54 bits per heavy atom. The van der Waals surface area contributed by atoms with Crippen LogP contribution in [0.25, 0.3) is 6.08 Å². The first kappa shape index (κ1) is 9.54. The number of rotatable bonds is 4. The van der Waals surface area contributed by atoms with Gasteiger partial charge in [0.25, 0.3) is 0 Å². The average Bonchev–Trinajstić information content (AvgIpc) is 2.64. The Morgan fingerprint density at radius 1 is 1.69 bits per heavy atom. The van der Waals surface area contributed by atoms with Gasteiger partial charge in [-0.25, -0.2) is 0 Å². The predicted octanol–water partition coefficient (Wildman–Crippen LogP) is 0.368. The Kier molecular flexibility index (Phi) is 3.78. The van der Waals surface area contributed by atoms with Gasteiger partial charge in [-0.15, -0.1) is 0 Å². The second kappa shape index (κ2) is 5.16. The van der Waals surface area contributed by atoms with Crippen LogP contribution in [0.3, 0.4) is 0 Å². The minimum Gasteiger partial charge on any atom is -0.465 e. The maximum atomic E-state index is 11.0. The van der Waals surface area contributed by atoms with E-state index in [4.69, 9.17) is 10.2 Å². The Hall–Kier alpha value is -1.55. The van der Waals surface area contributed by atoms with Gasteiger partial charge >= 0.3 is 0 Å². The van der Waals surface area contributed by atoms with Gasteiger partial charge < -0.3 is 15.5 Å². The number of nitrogens with one attached hydrogen (secondary N) is 1. The first-order valence-corrected chi connectivity index (χ1v) is 4.02. The minimum atomic E-state index is -0.165. The molecule has 13 heavy (non-hydrogen) atoms. The van der Waals surface area contributed by atoms with Crippen molar-refractivity contribution in [2.45, 2.75) is 0 Å². The van der Waals surface area contributed by atoms with Gasteiger partial charge in [0.15, 0.2) is 0 Å². The number of hydrogen-bond acceptors (Lipinski definition) is 3. The van der Waals surface area contributed by atoms with E-state index in [0.29, 0.717) is 18.8 Å². The van der Waals surface area contributed by atoms with Crippen LogP contribution in [0.15, 0.2) is 28.9 Å². The summed E-state index contributed by atoms with van der Waals surface area (Å²) in [7, 11) is 0. The molecular formula is C9H12N2O2. The number of hydrogen-bond donors (Lipinski definition) is 2. The van der Waals surface area contributed by atoms with Crippen molar-refractivity contribution in [3.05, 3.63) is 30.2 Å². The summed E-state index contributed by atoms with van der Waals surface area (Å²) in [6, 6.07) is 3.53. The second-order valence-corrected chi connectivity index (χ2v) is 2.43. The van der Waals surface area contributed by atoms with Crippen molar-refractivity contribution in [2.75, 3.05) is 13.1 Å². The molecule has 0 saturated heterocycles. The highest BCUT2D eigenvalue weighted by atomic mass is 16.3. The number of nitrogens with two attached hydrogens (primary N) is 1. The molecule has 1 heterocycles. The zero-order chi connectivity index (χ0) is 9.52. The molecule has 1 rings (SSSR count). The van der Waals surface area contributed by atoms with E-state index in [1.165, 1.54) is 6.08 Å². The number of amides is 1. The lowest BCUT2D eigenvalue weighted by Crippen LogP contribution is -2.27. The maximum absolute atomic E-state index is 11.0. The predicted molar refractivity (Wildman–Crippen MR) is 49.8 cm³/mol. The molecule has 4 heteroatoms. The zero-order valence-corrected chi connectivity index (χ0v) is 7.19. The fourth-order valence-electron chi connectivity index (χ4n) is 0.798. The van der Waals surface area contributed by atoms with Gasteiger partial charge in [-0.1, -0.05) is 0 Å². The molecule has 0 spiro atoms. The summed E-state index contributed by atoms with van der Waals surface area (Å²) in [5.74, 6) is 0.491. The molecule has 0 atom stereocenters. The van der Waals surface area contributed by atoms with E-state index in [1.807, 2.05) is 0 Å². The molecule has 0 bridgehead atoms. The zero-order valence-electron chi connectivity index (χ0n) is 7.19. The molecule has 0 aliphatic rings. The summed E-state index contributed by atoms with van der Waals surface area (Å²) in [6.07, 6.45) is 4.57. The smallest absolute Gasteiger partial charge is 0.244 e. The van der Waals surface area contributed by atoms with Crippen molar-refractivity contribution in [3.8, 4) is 0 Å². The SMILES string of the molecule is NCCNC(=O)/C=C/c1ccco1. The van der Waals surface area contributed by atoms with E-state index in [0.717, 1.165) is 0 Å². The Bertz CT molecular complexity index is 278. The average molecular weight is 180 g/mol. The highest BCUT2D eigenvalue weighted by Gasteiger charge is 1.93. The van der Waals surface area contributed by atoms with Crippen molar-refractivity contribution in [3.63, 3.8) is 0 Å². The summed E-state index contributed by atoms with van der Waals surface area (Å²) >= 11 is 0. The molecule has 1 aromatic rings.